The van der Waals surface area contributed by atoms with E-state index in [1.165, 1.54) is 0 Å². The molecular weight excluding hydrogens is 257 g/mol. The van der Waals surface area contributed by atoms with Crippen molar-refractivity contribution in [3.8, 4) is 0 Å². The fourth-order valence-corrected chi connectivity index (χ4v) is 1.97. The van der Waals surface area contributed by atoms with Gasteiger partial charge in [0.1, 0.15) is 5.82 Å². The highest BCUT2D eigenvalue weighted by Crippen LogP contribution is 2.25. The van der Waals surface area contributed by atoms with Crippen molar-refractivity contribution >= 4 is 21.6 Å². The van der Waals surface area contributed by atoms with Crippen molar-refractivity contribution in [2.75, 3.05) is 6.54 Å². The number of aryl methyl sites for hydroxylation is 1. The first-order valence-corrected chi connectivity index (χ1v) is 5.88. The molecule has 0 unspecified atom stereocenters. The SMILES string of the molecule is Cc1cc(C2=CCCCN2)cc(F)c1Br. The molecule has 1 N–H and O–H groups in total. The number of hydrogen-bond donors (Lipinski definition) is 1. The lowest BCUT2D eigenvalue weighted by Crippen LogP contribution is -2.17. The van der Waals surface area contributed by atoms with Crippen LogP contribution >= 0.6 is 15.9 Å². The van der Waals surface area contributed by atoms with Crippen LogP contribution in [0.2, 0.25) is 0 Å². The Hall–Kier alpha value is -0.830. The molecule has 15 heavy (non-hydrogen) atoms. The molecule has 1 aromatic carbocycles. The Labute approximate surface area is 97.5 Å². The second-order valence-corrected chi connectivity index (χ2v) is 4.57. The van der Waals surface area contributed by atoms with E-state index in [9.17, 15) is 4.39 Å². The normalized spacial score (nSPS) is 15.8. The monoisotopic (exact) mass is 269 g/mol. The minimum atomic E-state index is -0.196. The van der Waals surface area contributed by atoms with E-state index in [0.29, 0.717) is 4.47 Å². The van der Waals surface area contributed by atoms with Gasteiger partial charge in [0, 0.05) is 17.8 Å². The van der Waals surface area contributed by atoms with Crippen molar-refractivity contribution in [1.29, 1.82) is 0 Å². The van der Waals surface area contributed by atoms with Crippen LogP contribution < -0.4 is 5.32 Å². The minimum Gasteiger partial charge on any atom is -0.385 e. The largest absolute Gasteiger partial charge is 0.385 e. The van der Waals surface area contributed by atoms with Crippen molar-refractivity contribution in [1.82, 2.24) is 5.32 Å². The summed E-state index contributed by atoms with van der Waals surface area (Å²) in [5, 5.41) is 3.29. The molecule has 0 radical (unpaired) electrons. The van der Waals surface area contributed by atoms with Crippen molar-refractivity contribution in [3.05, 3.63) is 39.6 Å². The Morgan fingerprint density at radius 2 is 2.20 bits per heavy atom. The molecule has 1 aromatic rings. The van der Waals surface area contributed by atoms with E-state index in [4.69, 9.17) is 0 Å². The van der Waals surface area contributed by atoms with Gasteiger partial charge in [-0.25, -0.2) is 4.39 Å². The summed E-state index contributed by atoms with van der Waals surface area (Å²) in [6.07, 6.45) is 4.35. The zero-order valence-corrected chi connectivity index (χ0v) is 10.2. The van der Waals surface area contributed by atoms with E-state index in [-0.39, 0.29) is 5.82 Å². The highest BCUT2D eigenvalue weighted by molar-refractivity contribution is 9.10. The van der Waals surface area contributed by atoms with Gasteiger partial charge < -0.3 is 5.32 Å². The van der Waals surface area contributed by atoms with E-state index in [1.807, 2.05) is 13.0 Å². The molecule has 1 aliphatic rings. The summed E-state index contributed by atoms with van der Waals surface area (Å²) in [6, 6.07) is 3.57. The Balaban J connectivity index is 2.40. The van der Waals surface area contributed by atoms with Gasteiger partial charge in [0.05, 0.1) is 4.47 Å². The molecule has 0 fully saturated rings. The lowest BCUT2D eigenvalue weighted by Gasteiger charge is -2.16. The maximum Gasteiger partial charge on any atom is 0.138 e. The Bertz CT molecular complexity index is 389. The average Bonchev–Trinajstić information content (AvgIpc) is 2.26. The standard InChI is InChI=1S/C12H13BrFN/c1-8-6-9(7-10(14)12(8)13)11-4-2-3-5-15-11/h4,6-7,15H,2-3,5H2,1H3. The van der Waals surface area contributed by atoms with Crippen LogP contribution in [0.15, 0.2) is 22.7 Å². The number of rotatable bonds is 1. The van der Waals surface area contributed by atoms with Gasteiger partial charge in [0.25, 0.3) is 0 Å². The maximum atomic E-state index is 13.5. The van der Waals surface area contributed by atoms with Gasteiger partial charge in [-0.2, -0.15) is 0 Å². The summed E-state index contributed by atoms with van der Waals surface area (Å²) in [5.41, 5.74) is 2.92. The number of benzene rings is 1. The molecule has 1 aliphatic heterocycles. The molecule has 1 heterocycles. The molecule has 80 valence electrons. The van der Waals surface area contributed by atoms with Crippen LogP contribution in [-0.4, -0.2) is 6.54 Å². The number of nitrogens with one attached hydrogen (secondary N) is 1. The molecule has 0 aromatic heterocycles. The van der Waals surface area contributed by atoms with Gasteiger partial charge in [0.15, 0.2) is 0 Å². The summed E-state index contributed by atoms with van der Waals surface area (Å²) in [7, 11) is 0. The topological polar surface area (TPSA) is 12.0 Å². The maximum absolute atomic E-state index is 13.5. The third-order valence-corrected chi connectivity index (χ3v) is 3.57. The molecule has 1 nitrogen and oxygen atoms in total. The molecule has 0 bridgehead atoms. The van der Waals surface area contributed by atoms with Crippen molar-refractivity contribution < 1.29 is 4.39 Å². The lowest BCUT2D eigenvalue weighted by atomic mass is 10.0. The average molecular weight is 270 g/mol. The summed E-state index contributed by atoms with van der Waals surface area (Å²) < 4.78 is 14.1. The fraction of sp³-hybridized carbons (Fsp3) is 0.333. The Morgan fingerprint density at radius 3 is 2.80 bits per heavy atom. The van der Waals surface area contributed by atoms with Crippen LogP contribution in [0, 0.1) is 12.7 Å². The first kappa shape index (κ1) is 10.7. The van der Waals surface area contributed by atoms with Gasteiger partial charge in [-0.15, -0.1) is 0 Å². The molecule has 3 heteroatoms. The number of halogens is 2. The van der Waals surface area contributed by atoms with Crippen LogP contribution in [0.25, 0.3) is 5.70 Å². The van der Waals surface area contributed by atoms with Gasteiger partial charge in [0.2, 0.25) is 0 Å². The van der Waals surface area contributed by atoms with Crippen LogP contribution in [0.5, 0.6) is 0 Å². The van der Waals surface area contributed by atoms with Gasteiger partial charge >= 0.3 is 0 Å². The van der Waals surface area contributed by atoms with Crippen LogP contribution in [-0.2, 0) is 0 Å². The van der Waals surface area contributed by atoms with Crippen molar-refractivity contribution in [3.63, 3.8) is 0 Å². The van der Waals surface area contributed by atoms with Gasteiger partial charge in [-0.05, 0) is 53.4 Å². The van der Waals surface area contributed by atoms with E-state index in [0.717, 1.165) is 36.2 Å². The zero-order chi connectivity index (χ0) is 10.8. The fourth-order valence-electron chi connectivity index (χ4n) is 1.75. The Kier molecular flexibility index (Phi) is 3.10. The van der Waals surface area contributed by atoms with Crippen LogP contribution in [0.4, 0.5) is 4.39 Å². The van der Waals surface area contributed by atoms with Crippen LogP contribution in [0.1, 0.15) is 24.0 Å². The van der Waals surface area contributed by atoms with Crippen molar-refractivity contribution in [2.24, 2.45) is 0 Å². The molecule has 0 amide bonds. The summed E-state index contributed by atoms with van der Waals surface area (Å²) >= 11 is 3.22. The number of allylic oxidation sites excluding steroid dienone is 1. The quantitative estimate of drug-likeness (QED) is 0.821. The first-order chi connectivity index (χ1) is 7.18. The first-order valence-electron chi connectivity index (χ1n) is 5.08. The molecular formula is C12H13BrFN. The number of hydrogen-bond acceptors (Lipinski definition) is 1. The predicted molar refractivity (Wildman–Crippen MR) is 64.1 cm³/mol. The molecule has 0 spiro atoms. The third-order valence-electron chi connectivity index (χ3n) is 2.57. The summed E-state index contributed by atoms with van der Waals surface area (Å²) in [4.78, 5) is 0. The molecule has 2 rings (SSSR count). The Morgan fingerprint density at radius 1 is 1.40 bits per heavy atom. The second kappa shape index (κ2) is 4.35. The van der Waals surface area contributed by atoms with E-state index < -0.39 is 0 Å². The molecule has 0 atom stereocenters. The summed E-state index contributed by atoms with van der Waals surface area (Å²) in [6.45, 7) is 2.88. The van der Waals surface area contributed by atoms with Crippen molar-refractivity contribution in [2.45, 2.75) is 19.8 Å². The van der Waals surface area contributed by atoms with E-state index in [1.54, 1.807) is 6.07 Å². The van der Waals surface area contributed by atoms with Gasteiger partial charge in [-0.3, -0.25) is 0 Å². The zero-order valence-electron chi connectivity index (χ0n) is 8.61. The van der Waals surface area contributed by atoms with Crippen LogP contribution in [0.3, 0.4) is 0 Å². The van der Waals surface area contributed by atoms with E-state index >= 15 is 0 Å². The molecule has 0 aliphatic carbocycles. The predicted octanol–water partition coefficient (Wildman–Crippen LogP) is 3.62. The third kappa shape index (κ3) is 2.23. The smallest absolute Gasteiger partial charge is 0.138 e. The summed E-state index contributed by atoms with van der Waals surface area (Å²) in [5.74, 6) is -0.196. The van der Waals surface area contributed by atoms with Gasteiger partial charge in [-0.1, -0.05) is 6.08 Å². The lowest BCUT2D eigenvalue weighted by molar-refractivity contribution is 0.618. The highest BCUT2D eigenvalue weighted by Gasteiger charge is 2.10. The molecule has 0 saturated heterocycles. The minimum absolute atomic E-state index is 0.196. The second-order valence-electron chi connectivity index (χ2n) is 3.78. The molecule has 0 saturated carbocycles. The highest BCUT2D eigenvalue weighted by atomic mass is 79.9. The van der Waals surface area contributed by atoms with E-state index in [2.05, 4.69) is 27.3 Å².